The molecule has 92 heavy (non-hydrogen) atoms. The Morgan fingerprint density at radius 2 is 1.42 bits per heavy atom. The van der Waals surface area contributed by atoms with Crippen LogP contribution in [0.5, 0.6) is 0 Å². The second kappa shape index (κ2) is 38.1. The van der Waals surface area contributed by atoms with Crippen molar-refractivity contribution in [3.63, 3.8) is 0 Å². The van der Waals surface area contributed by atoms with E-state index in [2.05, 4.69) is 31.3 Å². The van der Waals surface area contributed by atoms with Gasteiger partial charge in [0.2, 0.25) is 29.2 Å². The van der Waals surface area contributed by atoms with Crippen LogP contribution in [0.1, 0.15) is 84.0 Å². The number of aliphatic hydroxyl groups is 1. The Bertz CT molecular complexity index is 3260. The fraction of sp³-hybridized carbons (Fsp3) is 0.581. The van der Waals surface area contributed by atoms with Crippen LogP contribution in [0.3, 0.4) is 0 Å². The van der Waals surface area contributed by atoms with Crippen molar-refractivity contribution in [2.45, 2.75) is 89.6 Å². The van der Waals surface area contributed by atoms with E-state index < -0.39 is 78.6 Å². The van der Waals surface area contributed by atoms with Gasteiger partial charge in [0, 0.05) is 45.2 Å². The monoisotopic (exact) mass is 1310 g/mol. The number of aliphatic hydroxyl groups excluding tert-OH is 1. The van der Waals surface area contributed by atoms with Gasteiger partial charge in [-0.3, -0.25) is 28.8 Å². The van der Waals surface area contributed by atoms with Crippen LogP contribution in [0.4, 0.5) is 5.69 Å². The minimum absolute atomic E-state index is 0.0767. The zero-order valence-electron chi connectivity index (χ0n) is 52.0. The fourth-order valence-electron chi connectivity index (χ4n) is 10.8. The highest BCUT2D eigenvalue weighted by Gasteiger charge is 2.51. The fourth-order valence-corrected chi connectivity index (χ4v) is 11.0. The van der Waals surface area contributed by atoms with Gasteiger partial charge in [0.05, 0.1) is 147 Å². The predicted molar refractivity (Wildman–Crippen MR) is 332 cm³/mol. The number of carbonyl (C=O) groups is 6. The Balaban J connectivity index is 0.777. The number of anilines is 1. The number of rotatable bonds is 44. The van der Waals surface area contributed by atoms with Crippen LogP contribution in [0.15, 0.2) is 46.3 Å². The molecular weight excluding hydrogens is 1220 g/mol. The number of halogens is 1. The maximum atomic E-state index is 14.5. The number of nitrogens with zero attached hydrogens (tertiary/aromatic N) is 5. The molecule has 3 aliphatic rings. The molecule has 4 amide bonds. The lowest BCUT2D eigenvalue weighted by atomic mass is 9.81. The Hall–Kier alpha value is -7.22. The number of amides is 4. The summed E-state index contributed by atoms with van der Waals surface area (Å²) in [7, 11) is 0. The van der Waals surface area contributed by atoms with Crippen molar-refractivity contribution in [3.05, 3.63) is 101 Å². The smallest absolute Gasteiger partial charge is 0.355 e. The minimum atomic E-state index is -2.00. The third kappa shape index (κ3) is 20.6. The topological polar surface area (TPSA) is 382 Å². The lowest BCUT2D eigenvalue weighted by Crippen LogP contribution is -2.47. The second-order valence-electron chi connectivity index (χ2n) is 21.5. The van der Waals surface area contributed by atoms with Crippen molar-refractivity contribution in [2.24, 2.45) is 10.8 Å². The highest BCUT2D eigenvalue weighted by molar-refractivity contribution is 6.32. The van der Waals surface area contributed by atoms with Gasteiger partial charge in [-0.15, -0.1) is 0 Å². The van der Waals surface area contributed by atoms with Gasteiger partial charge in [0.25, 0.3) is 5.56 Å². The molecule has 0 radical (unpaired) electrons. The molecule has 2 aliphatic heterocycles. The summed E-state index contributed by atoms with van der Waals surface area (Å²) < 4.78 is 62.0. The van der Waals surface area contributed by atoms with Crippen LogP contribution in [-0.2, 0) is 112 Å². The Morgan fingerprint density at radius 1 is 0.815 bits per heavy atom. The summed E-state index contributed by atoms with van der Waals surface area (Å²) in [4.78, 5) is 102. The van der Waals surface area contributed by atoms with Gasteiger partial charge in [0.1, 0.15) is 32.5 Å². The molecule has 2 aromatic heterocycles. The molecular formula is C62H83ClN10O19. The maximum Gasteiger partial charge on any atom is 0.355 e. The number of cyclic esters (lactones) is 1. The number of carbonyl (C=O) groups excluding carboxylic acids is 6. The molecule has 7 rings (SSSR count). The third-order valence-corrected chi connectivity index (χ3v) is 15.7. The number of ether oxygens (including phenoxy) is 11. The number of hydrogen-bond acceptors (Lipinski definition) is 22. The Labute approximate surface area is 536 Å². The molecule has 29 nitrogen and oxygen atoms in total. The molecule has 7 N–H and O–H groups in total. The quantitative estimate of drug-likeness (QED) is 0.0107. The van der Waals surface area contributed by atoms with E-state index in [4.69, 9.17) is 80.0 Å². The molecule has 1 aliphatic carbocycles. The number of aromatic nitrogens is 2. The molecule has 502 valence electrons. The van der Waals surface area contributed by atoms with Crippen molar-refractivity contribution < 1.29 is 86.0 Å². The highest BCUT2D eigenvalue weighted by atomic mass is 35.5. The molecule has 3 atom stereocenters. The number of nitrogens with two attached hydrogens (primary N) is 1. The molecule has 0 spiro atoms. The maximum absolute atomic E-state index is 14.5. The van der Waals surface area contributed by atoms with Crippen molar-refractivity contribution in [1.29, 1.82) is 0 Å². The molecule has 0 unspecified atom stereocenters. The number of unbranched alkanes of at least 4 members (excludes halogenated alkanes) is 1. The van der Waals surface area contributed by atoms with Crippen LogP contribution in [-0.4, -0.2) is 201 Å². The molecule has 0 bridgehead atoms. The normalized spacial score (nSPS) is 15.6. The van der Waals surface area contributed by atoms with Crippen molar-refractivity contribution >= 4 is 63.8 Å². The largest absolute Gasteiger partial charge is 0.457 e. The summed E-state index contributed by atoms with van der Waals surface area (Å²) in [6, 6.07) is 8.25. The zero-order valence-corrected chi connectivity index (χ0v) is 52.8. The summed E-state index contributed by atoms with van der Waals surface area (Å²) in [6.07, 6.45) is 2.11. The SMILES string of the molecule is CC[C@@]1(OC(=O)Cc2ccc(NC(=O)[C@H](CCCCN)NC(=O)COCC(=O)NCCOCCOCCOCCOCCOCCOCCOCCOCCN=[N+]=[N-])cc2)C(=O)OCc2c1cc1n(c2=O)Cc2c-1nc1cc(Cl)c(C)c3c1c2[C@@H](NC(=O)CO)CC3. The zero-order chi connectivity index (χ0) is 65.7. The molecule has 0 saturated carbocycles. The minimum Gasteiger partial charge on any atom is -0.457 e. The standard InChI is InChI=1S/C62H83ClN10O19/c1-3-62(46-33-51-58-44(35-73(51)60(80)45(46)37-91-61(62)81)57-48(69-52(75)36-74)12-11-43-40(2)47(63)34-50(71-58)56(43)57)92-55(78)32-41-7-9-42(10-8-41)68-59(79)49(6-4-5-13-64)70-54(77)39-90-38-53(76)66-14-16-82-18-20-84-22-24-86-26-28-88-30-31-89-29-27-87-25-23-85-21-19-83-17-15-67-72-65/h7-10,33-34,48-49,74H,3-6,11-32,35-39,64H2,1-2H3,(H,66,76)(H,68,79)(H,69,75)(H,70,77)/t48-,49-,62-/m0/s1. The number of benzene rings is 2. The van der Waals surface area contributed by atoms with Gasteiger partial charge in [0.15, 0.2) is 0 Å². The van der Waals surface area contributed by atoms with Crippen molar-refractivity contribution in [1.82, 2.24) is 25.5 Å². The first-order valence-corrected chi connectivity index (χ1v) is 31.2. The first-order chi connectivity index (χ1) is 44.7. The van der Waals surface area contributed by atoms with Crippen LogP contribution in [0.2, 0.25) is 5.02 Å². The van der Waals surface area contributed by atoms with Gasteiger partial charge in [-0.05, 0) is 104 Å². The van der Waals surface area contributed by atoms with E-state index in [9.17, 15) is 38.7 Å². The van der Waals surface area contributed by atoms with Crippen LogP contribution in [0.25, 0.3) is 32.7 Å². The Kier molecular flexibility index (Phi) is 29.9. The highest BCUT2D eigenvalue weighted by Crippen LogP contribution is 2.47. The molecule has 30 heteroatoms. The van der Waals surface area contributed by atoms with Crippen LogP contribution < -0.4 is 32.6 Å². The molecule has 4 aromatic rings. The summed E-state index contributed by atoms with van der Waals surface area (Å²) in [5, 5.41) is 25.4. The van der Waals surface area contributed by atoms with Crippen molar-refractivity contribution in [3.8, 4) is 11.4 Å². The number of pyridine rings is 2. The van der Waals surface area contributed by atoms with Crippen LogP contribution >= 0.6 is 11.6 Å². The Morgan fingerprint density at radius 3 is 2.02 bits per heavy atom. The molecule has 0 saturated heterocycles. The lowest BCUT2D eigenvalue weighted by Gasteiger charge is -2.35. The summed E-state index contributed by atoms with van der Waals surface area (Å²) >= 11 is 6.73. The summed E-state index contributed by atoms with van der Waals surface area (Å²) in [5.74, 6) is -3.81. The average Bonchev–Trinajstić information content (AvgIpc) is 1.47. The van der Waals surface area contributed by atoms with Gasteiger partial charge in [-0.1, -0.05) is 35.8 Å². The molecule has 2 aromatic carbocycles. The van der Waals surface area contributed by atoms with E-state index in [1.54, 1.807) is 43.3 Å². The van der Waals surface area contributed by atoms with Gasteiger partial charge < -0.3 is 88.8 Å². The molecule has 0 fully saturated rings. The number of hydrogen-bond donors (Lipinski definition) is 6. The predicted octanol–water partition coefficient (Wildman–Crippen LogP) is 3.06. The van der Waals surface area contributed by atoms with E-state index in [1.165, 1.54) is 4.57 Å². The van der Waals surface area contributed by atoms with Crippen LogP contribution in [0, 0.1) is 6.92 Å². The number of nitrogens with one attached hydrogen (secondary N) is 4. The molecule has 4 heterocycles. The number of aryl methyl sites for hydroxylation is 1. The van der Waals surface area contributed by atoms with Gasteiger partial charge >= 0.3 is 11.9 Å². The van der Waals surface area contributed by atoms with Gasteiger partial charge in [-0.2, -0.15) is 0 Å². The lowest BCUT2D eigenvalue weighted by molar-refractivity contribution is -0.189. The third-order valence-electron chi connectivity index (χ3n) is 15.3. The van der Waals surface area contributed by atoms with E-state index in [0.717, 1.165) is 22.1 Å². The first kappa shape index (κ1) is 72.2. The van der Waals surface area contributed by atoms with E-state index in [0.29, 0.717) is 177 Å². The number of azide groups is 1. The van der Waals surface area contributed by atoms with Gasteiger partial charge in [-0.25, -0.2) is 9.78 Å². The first-order valence-electron chi connectivity index (χ1n) is 30.8. The summed E-state index contributed by atoms with van der Waals surface area (Å²) in [6.45, 7) is 8.82. The summed E-state index contributed by atoms with van der Waals surface area (Å²) in [5.41, 5.74) is 17.3. The van der Waals surface area contributed by atoms with E-state index >= 15 is 0 Å². The number of esters is 2. The van der Waals surface area contributed by atoms with E-state index in [1.807, 2.05) is 6.92 Å². The van der Waals surface area contributed by atoms with Crippen molar-refractivity contribution in [2.75, 3.05) is 150 Å². The number of fused-ring (bicyclic) bond motifs is 5. The average molecular weight is 1310 g/mol. The van der Waals surface area contributed by atoms with E-state index in [-0.39, 0.29) is 56.7 Å². The second-order valence-corrected chi connectivity index (χ2v) is 21.9.